The molecule has 96 valence electrons. The first-order valence-electron chi connectivity index (χ1n) is 6.24. The first kappa shape index (κ1) is 13.2. The van der Waals surface area contributed by atoms with Gasteiger partial charge in [-0.2, -0.15) is 0 Å². The molecule has 1 atom stereocenters. The van der Waals surface area contributed by atoms with Gasteiger partial charge in [-0.1, -0.05) is 24.6 Å². The van der Waals surface area contributed by atoms with Crippen molar-refractivity contribution in [3.8, 4) is 0 Å². The minimum absolute atomic E-state index is 0.141. The zero-order chi connectivity index (χ0) is 13.0. The summed E-state index contributed by atoms with van der Waals surface area (Å²) in [7, 11) is 0. The Kier molecular flexibility index (Phi) is 4.45. The average Bonchev–Trinajstić information content (AvgIpc) is 2.88. The average molecular weight is 264 g/mol. The van der Waals surface area contributed by atoms with Crippen LogP contribution in [0.15, 0.2) is 41.2 Å². The van der Waals surface area contributed by atoms with E-state index >= 15 is 0 Å². The van der Waals surface area contributed by atoms with Crippen molar-refractivity contribution in [3.05, 3.63) is 58.5 Å². The van der Waals surface area contributed by atoms with Gasteiger partial charge in [0.15, 0.2) is 0 Å². The van der Waals surface area contributed by atoms with Gasteiger partial charge in [0.2, 0.25) is 0 Å². The summed E-state index contributed by atoms with van der Waals surface area (Å²) in [5.41, 5.74) is 3.57. The fraction of sp³-hybridized carbons (Fsp3) is 0.333. The number of hydrogen-bond donors (Lipinski definition) is 1. The van der Waals surface area contributed by atoms with E-state index in [-0.39, 0.29) is 6.04 Å². The smallest absolute Gasteiger partial charge is 0.0953 e. The second-order valence-corrected chi connectivity index (χ2v) is 4.88. The molecule has 0 saturated carbocycles. The van der Waals surface area contributed by atoms with Crippen molar-refractivity contribution in [3.63, 3.8) is 0 Å². The topological polar surface area (TPSA) is 25.2 Å². The quantitative estimate of drug-likeness (QED) is 0.869. The van der Waals surface area contributed by atoms with Crippen molar-refractivity contribution in [1.82, 2.24) is 5.32 Å². The zero-order valence-corrected chi connectivity index (χ0v) is 11.5. The van der Waals surface area contributed by atoms with Crippen LogP contribution in [0.1, 0.15) is 36.1 Å². The molecule has 0 spiro atoms. The lowest BCUT2D eigenvalue weighted by Gasteiger charge is -2.20. The van der Waals surface area contributed by atoms with Crippen LogP contribution in [0.5, 0.6) is 0 Å². The lowest BCUT2D eigenvalue weighted by atomic mass is 9.97. The van der Waals surface area contributed by atoms with Gasteiger partial charge in [-0.05, 0) is 49.2 Å². The highest BCUT2D eigenvalue weighted by molar-refractivity contribution is 6.30. The second kappa shape index (κ2) is 6.07. The molecule has 2 aromatic rings. The van der Waals surface area contributed by atoms with Crippen LogP contribution >= 0.6 is 11.6 Å². The third-order valence-electron chi connectivity index (χ3n) is 3.03. The highest BCUT2D eigenvalue weighted by atomic mass is 35.5. The molecule has 0 saturated heterocycles. The predicted molar refractivity (Wildman–Crippen MR) is 75.0 cm³/mol. The van der Waals surface area contributed by atoms with Crippen molar-refractivity contribution >= 4 is 11.6 Å². The molecule has 0 aliphatic carbocycles. The summed E-state index contributed by atoms with van der Waals surface area (Å²) in [6, 6.07) is 8.14. The van der Waals surface area contributed by atoms with Crippen LogP contribution in [-0.4, -0.2) is 6.54 Å². The molecule has 0 bridgehead atoms. The fourth-order valence-corrected chi connectivity index (χ4v) is 2.24. The summed E-state index contributed by atoms with van der Waals surface area (Å²) in [5, 5.41) is 4.30. The SMILES string of the molecule is CCCNC(c1ccoc1)c1cc(Cl)ccc1C. The van der Waals surface area contributed by atoms with E-state index in [1.807, 2.05) is 18.2 Å². The van der Waals surface area contributed by atoms with Crippen LogP contribution in [0.3, 0.4) is 0 Å². The van der Waals surface area contributed by atoms with Gasteiger partial charge < -0.3 is 9.73 Å². The van der Waals surface area contributed by atoms with Crippen LogP contribution in [0.25, 0.3) is 0 Å². The Bertz CT molecular complexity index is 493. The number of aryl methyl sites for hydroxylation is 1. The molecule has 3 heteroatoms. The summed E-state index contributed by atoms with van der Waals surface area (Å²) in [6.45, 7) is 5.22. The van der Waals surface area contributed by atoms with Crippen LogP contribution in [-0.2, 0) is 0 Å². The zero-order valence-electron chi connectivity index (χ0n) is 10.7. The number of nitrogens with one attached hydrogen (secondary N) is 1. The Morgan fingerprint density at radius 1 is 1.33 bits per heavy atom. The van der Waals surface area contributed by atoms with Gasteiger partial charge in [0.05, 0.1) is 18.6 Å². The number of furan rings is 1. The summed E-state index contributed by atoms with van der Waals surface area (Å²) >= 11 is 6.11. The van der Waals surface area contributed by atoms with Crippen LogP contribution in [0, 0.1) is 6.92 Å². The molecule has 0 radical (unpaired) electrons. The molecular weight excluding hydrogens is 246 g/mol. The highest BCUT2D eigenvalue weighted by Crippen LogP contribution is 2.27. The highest BCUT2D eigenvalue weighted by Gasteiger charge is 2.16. The third kappa shape index (κ3) is 2.95. The number of rotatable bonds is 5. The Balaban J connectivity index is 2.36. The first-order valence-corrected chi connectivity index (χ1v) is 6.61. The van der Waals surface area contributed by atoms with E-state index in [1.54, 1.807) is 12.5 Å². The molecule has 0 fully saturated rings. The summed E-state index contributed by atoms with van der Waals surface area (Å²) in [6.07, 6.45) is 4.58. The first-order chi connectivity index (χ1) is 8.72. The molecule has 2 rings (SSSR count). The fourth-order valence-electron chi connectivity index (χ4n) is 2.06. The Hall–Kier alpha value is -1.25. The van der Waals surface area contributed by atoms with E-state index in [9.17, 15) is 0 Å². The van der Waals surface area contributed by atoms with Gasteiger partial charge in [0, 0.05) is 10.6 Å². The monoisotopic (exact) mass is 263 g/mol. The minimum atomic E-state index is 0.141. The van der Waals surface area contributed by atoms with Crippen molar-refractivity contribution in [2.45, 2.75) is 26.3 Å². The van der Waals surface area contributed by atoms with E-state index < -0.39 is 0 Å². The molecule has 1 N–H and O–H groups in total. The largest absolute Gasteiger partial charge is 0.472 e. The van der Waals surface area contributed by atoms with Gasteiger partial charge in [-0.15, -0.1) is 0 Å². The maximum atomic E-state index is 6.11. The maximum absolute atomic E-state index is 6.11. The molecule has 0 aliphatic heterocycles. The van der Waals surface area contributed by atoms with Crippen molar-refractivity contribution in [2.24, 2.45) is 0 Å². The molecule has 1 unspecified atom stereocenters. The molecule has 0 amide bonds. The van der Waals surface area contributed by atoms with Gasteiger partial charge in [-0.25, -0.2) is 0 Å². The van der Waals surface area contributed by atoms with Crippen LogP contribution in [0.2, 0.25) is 5.02 Å². The van der Waals surface area contributed by atoms with E-state index in [2.05, 4.69) is 25.2 Å². The van der Waals surface area contributed by atoms with E-state index in [0.29, 0.717) is 0 Å². The summed E-state index contributed by atoms with van der Waals surface area (Å²) in [5.74, 6) is 0. The Labute approximate surface area is 113 Å². The molecular formula is C15H18ClNO. The van der Waals surface area contributed by atoms with Gasteiger partial charge in [-0.3, -0.25) is 0 Å². The lowest BCUT2D eigenvalue weighted by molar-refractivity contribution is 0.547. The number of hydrogen-bond acceptors (Lipinski definition) is 2. The second-order valence-electron chi connectivity index (χ2n) is 4.44. The summed E-state index contributed by atoms with van der Waals surface area (Å²) in [4.78, 5) is 0. The van der Waals surface area contributed by atoms with Crippen LogP contribution in [0.4, 0.5) is 0 Å². The Morgan fingerprint density at radius 3 is 2.83 bits per heavy atom. The third-order valence-corrected chi connectivity index (χ3v) is 3.26. The molecule has 1 heterocycles. The standard InChI is InChI=1S/C15H18ClNO/c1-3-7-17-15(12-6-8-18-10-12)14-9-13(16)5-4-11(14)2/h4-6,8-10,15,17H,3,7H2,1-2H3. The van der Waals surface area contributed by atoms with Crippen molar-refractivity contribution in [2.75, 3.05) is 6.54 Å². The van der Waals surface area contributed by atoms with Crippen LogP contribution < -0.4 is 5.32 Å². The molecule has 18 heavy (non-hydrogen) atoms. The number of halogens is 1. The lowest BCUT2D eigenvalue weighted by Crippen LogP contribution is -2.23. The van der Waals surface area contributed by atoms with Crippen molar-refractivity contribution < 1.29 is 4.42 Å². The number of benzene rings is 1. The normalized spacial score (nSPS) is 12.6. The summed E-state index contributed by atoms with van der Waals surface area (Å²) < 4.78 is 5.19. The van der Waals surface area contributed by atoms with Crippen molar-refractivity contribution in [1.29, 1.82) is 0 Å². The minimum Gasteiger partial charge on any atom is -0.472 e. The Morgan fingerprint density at radius 2 is 2.17 bits per heavy atom. The van der Waals surface area contributed by atoms with Gasteiger partial charge >= 0.3 is 0 Å². The molecule has 1 aromatic carbocycles. The van der Waals surface area contributed by atoms with Gasteiger partial charge in [0.1, 0.15) is 0 Å². The van der Waals surface area contributed by atoms with E-state index in [4.69, 9.17) is 16.0 Å². The van der Waals surface area contributed by atoms with E-state index in [0.717, 1.165) is 23.6 Å². The molecule has 1 aromatic heterocycles. The molecule has 2 nitrogen and oxygen atoms in total. The predicted octanol–water partition coefficient (Wildman–Crippen LogP) is 4.33. The maximum Gasteiger partial charge on any atom is 0.0953 e. The van der Waals surface area contributed by atoms with E-state index in [1.165, 1.54) is 11.1 Å². The van der Waals surface area contributed by atoms with Gasteiger partial charge in [0.25, 0.3) is 0 Å². The molecule has 0 aliphatic rings.